The van der Waals surface area contributed by atoms with Crippen LogP contribution >= 0.6 is 0 Å². The van der Waals surface area contributed by atoms with Crippen LogP contribution in [-0.4, -0.2) is 55.5 Å². The first-order chi connectivity index (χ1) is 16.2. The largest absolute Gasteiger partial charge is 0.490 e. The van der Waals surface area contributed by atoms with Gasteiger partial charge in [0.1, 0.15) is 23.8 Å². The van der Waals surface area contributed by atoms with Gasteiger partial charge in [-0.25, -0.2) is 18.2 Å². The first-order valence-electron chi connectivity index (χ1n) is 11.4. The zero-order valence-corrected chi connectivity index (χ0v) is 19.9. The molecule has 3 aromatic rings. The van der Waals surface area contributed by atoms with Crippen molar-refractivity contribution < 1.29 is 23.1 Å². The Hall–Kier alpha value is -3.27. The number of carboxylic acids is 1. The number of aromatic nitrogens is 2. The summed E-state index contributed by atoms with van der Waals surface area (Å²) in [6.45, 7) is 2.05. The zero-order chi connectivity index (χ0) is 23.8. The molecule has 6 rings (SSSR count). The highest BCUT2D eigenvalue weighted by molar-refractivity contribution is 7.92. The fraction of sp³-hybridized carbons (Fsp3) is 0.417. The molecule has 3 aliphatic rings. The number of fused-ring (bicyclic) bond motifs is 1. The van der Waals surface area contributed by atoms with Crippen LogP contribution in [0.4, 0.5) is 11.5 Å². The predicted molar refractivity (Wildman–Crippen MR) is 128 cm³/mol. The first-order valence-corrected chi connectivity index (χ1v) is 13.3. The van der Waals surface area contributed by atoms with Crippen LogP contribution in [0.25, 0.3) is 11.0 Å². The summed E-state index contributed by atoms with van der Waals surface area (Å²) in [5, 5.41) is 10.5. The van der Waals surface area contributed by atoms with Gasteiger partial charge in [0.05, 0.1) is 30.1 Å². The number of anilines is 2. The molecule has 9 nitrogen and oxygen atoms in total. The number of hydrogen-bond donors (Lipinski definition) is 1. The van der Waals surface area contributed by atoms with Crippen LogP contribution in [0.5, 0.6) is 5.75 Å². The van der Waals surface area contributed by atoms with E-state index in [9.17, 15) is 18.3 Å². The van der Waals surface area contributed by atoms with E-state index in [2.05, 4.69) is 15.5 Å². The predicted octanol–water partition coefficient (Wildman–Crippen LogP) is 3.04. The van der Waals surface area contributed by atoms with E-state index in [1.54, 1.807) is 18.2 Å². The molecule has 1 aliphatic carbocycles. The summed E-state index contributed by atoms with van der Waals surface area (Å²) in [6.07, 6.45) is 4.21. The lowest BCUT2D eigenvalue weighted by Crippen LogP contribution is -2.34. The molecule has 2 aromatic heterocycles. The maximum absolute atomic E-state index is 12.1. The minimum atomic E-state index is -3.42. The van der Waals surface area contributed by atoms with Crippen molar-refractivity contribution in [1.82, 2.24) is 9.55 Å². The van der Waals surface area contributed by atoms with Gasteiger partial charge >= 0.3 is 5.97 Å². The van der Waals surface area contributed by atoms with E-state index < -0.39 is 16.0 Å². The molecule has 0 amide bonds. The second-order valence-electron chi connectivity index (χ2n) is 9.48. The third-order valence-corrected chi connectivity index (χ3v) is 8.31. The number of rotatable bonds is 6. The molecule has 1 fully saturated rings. The van der Waals surface area contributed by atoms with Gasteiger partial charge in [0.2, 0.25) is 10.0 Å². The standard InChI is InChI=1S/C24H26N4O5S/c1-26(34(2,31)32)21-6-5-15-10-19(28(23(15)25-21)13-14-3-4-14)18-11-16-9-17(24(29)30)12-20-22(16)27(18)7-8-33-20/h5-6,9-10,12,14,18H,3-4,7-8,11,13H2,1-2H3,(H,29,30). The molecule has 4 heterocycles. The molecular weight excluding hydrogens is 456 g/mol. The van der Waals surface area contributed by atoms with Gasteiger partial charge in [-0.05, 0) is 54.7 Å². The molecule has 1 N–H and O–H groups in total. The van der Waals surface area contributed by atoms with Gasteiger partial charge in [0.25, 0.3) is 0 Å². The summed E-state index contributed by atoms with van der Waals surface area (Å²) in [6, 6.07) is 9.23. The molecule has 1 aromatic carbocycles. The van der Waals surface area contributed by atoms with Gasteiger partial charge in [-0.2, -0.15) is 0 Å². The van der Waals surface area contributed by atoms with Gasteiger partial charge < -0.3 is 19.3 Å². The van der Waals surface area contributed by atoms with Gasteiger partial charge in [0, 0.05) is 31.1 Å². The number of nitrogens with zero attached hydrogens (tertiary/aromatic N) is 4. The third-order valence-electron chi connectivity index (χ3n) is 7.13. The molecule has 34 heavy (non-hydrogen) atoms. The molecule has 0 radical (unpaired) electrons. The minimum absolute atomic E-state index is 0.0331. The Bertz CT molecular complexity index is 1440. The van der Waals surface area contributed by atoms with Crippen LogP contribution in [-0.2, 0) is 23.0 Å². The van der Waals surface area contributed by atoms with Crippen molar-refractivity contribution in [3.8, 4) is 5.75 Å². The molecule has 10 heteroatoms. The summed E-state index contributed by atoms with van der Waals surface area (Å²) < 4.78 is 33.5. The Labute approximate surface area is 197 Å². The molecule has 2 aliphatic heterocycles. The summed E-state index contributed by atoms with van der Waals surface area (Å²) in [7, 11) is -1.91. The molecule has 1 saturated carbocycles. The van der Waals surface area contributed by atoms with E-state index in [4.69, 9.17) is 9.72 Å². The number of aromatic carboxylic acids is 1. The highest BCUT2D eigenvalue weighted by Crippen LogP contribution is 2.49. The van der Waals surface area contributed by atoms with E-state index in [0.717, 1.165) is 41.1 Å². The van der Waals surface area contributed by atoms with E-state index in [1.165, 1.54) is 30.5 Å². The maximum atomic E-state index is 12.1. The second kappa shape index (κ2) is 7.36. The number of benzene rings is 1. The van der Waals surface area contributed by atoms with Crippen molar-refractivity contribution in [3.05, 3.63) is 47.2 Å². The Balaban J connectivity index is 1.47. The highest BCUT2D eigenvalue weighted by atomic mass is 32.2. The van der Waals surface area contributed by atoms with E-state index >= 15 is 0 Å². The van der Waals surface area contributed by atoms with Gasteiger partial charge in [-0.15, -0.1) is 0 Å². The Morgan fingerprint density at radius 2 is 2.06 bits per heavy atom. The molecule has 178 valence electrons. The first kappa shape index (κ1) is 21.3. The van der Waals surface area contributed by atoms with Crippen molar-refractivity contribution in [2.24, 2.45) is 5.92 Å². The fourth-order valence-electron chi connectivity index (χ4n) is 5.15. The van der Waals surface area contributed by atoms with Crippen LogP contribution in [0.15, 0.2) is 30.3 Å². The van der Waals surface area contributed by atoms with Crippen LogP contribution in [0.3, 0.4) is 0 Å². The lowest BCUT2D eigenvalue weighted by atomic mass is 10.0. The zero-order valence-electron chi connectivity index (χ0n) is 19.1. The third kappa shape index (κ3) is 3.39. The number of pyridine rings is 1. The van der Waals surface area contributed by atoms with Crippen molar-refractivity contribution in [1.29, 1.82) is 0 Å². The molecule has 0 bridgehead atoms. The molecule has 0 spiro atoms. The van der Waals surface area contributed by atoms with Gasteiger partial charge in [-0.3, -0.25) is 4.31 Å². The second-order valence-corrected chi connectivity index (χ2v) is 11.5. The van der Waals surface area contributed by atoms with Crippen LogP contribution in [0.2, 0.25) is 0 Å². The lowest BCUT2D eigenvalue weighted by Gasteiger charge is -2.33. The average molecular weight is 483 g/mol. The van der Waals surface area contributed by atoms with Crippen molar-refractivity contribution in [2.75, 3.05) is 35.7 Å². The Morgan fingerprint density at radius 3 is 2.76 bits per heavy atom. The van der Waals surface area contributed by atoms with Crippen LogP contribution in [0, 0.1) is 5.92 Å². The number of carboxylic acid groups (broad SMARTS) is 1. The quantitative estimate of drug-likeness (QED) is 0.576. The van der Waals surface area contributed by atoms with E-state index in [-0.39, 0.29) is 11.6 Å². The smallest absolute Gasteiger partial charge is 0.335 e. The van der Waals surface area contributed by atoms with Crippen molar-refractivity contribution in [3.63, 3.8) is 0 Å². The van der Waals surface area contributed by atoms with E-state index in [0.29, 0.717) is 30.5 Å². The summed E-state index contributed by atoms with van der Waals surface area (Å²) >= 11 is 0. The SMILES string of the molecule is CN(c1ccc2cc(C3Cc4cc(C(=O)O)cc5c4N3CCO5)n(CC3CC3)c2n1)S(C)(=O)=O. The maximum Gasteiger partial charge on any atom is 0.335 e. The van der Waals surface area contributed by atoms with Gasteiger partial charge in [-0.1, -0.05) is 0 Å². The summed E-state index contributed by atoms with van der Waals surface area (Å²) in [5.41, 5.74) is 4.10. The number of hydrogen-bond acceptors (Lipinski definition) is 6. The van der Waals surface area contributed by atoms with E-state index in [1.807, 2.05) is 6.07 Å². The number of sulfonamides is 1. The molecule has 1 atom stereocenters. The number of carbonyl (C=O) groups is 1. The normalized spacial score (nSPS) is 19.2. The Kier molecular flexibility index (Phi) is 4.61. The van der Waals surface area contributed by atoms with Crippen LogP contribution in [0.1, 0.15) is 40.5 Å². The fourth-order valence-corrected chi connectivity index (χ4v) is 5.59. The van der Waals surface area contributed by atoms with Crippen LogP contribution < -0.4 is 13.9 Å². The Morgan fingerprint density at radius 1 is 1.26 bits per heavy atom. The van der Waals surface area contributed by atoms with Crippen molar-refractivity contribution >= 4 is 38.5 Å². The minimum Gasteiger partial charge on any atom is -0.490 e. The average Bonchev–Trinajstić information content (AvgIpc) is 3.45. The topological polar surface area (TPSA) is 105 Å². The van der Waals surface area contributed by atoms with Gasteiger partial charge in [0.15, 0.2) is 0 Å². The molecule has 0 saturated heterocycles. The lowest BCUT2D eigenvalue weighted by molar-refractivity contribution is 0.0696. The monoisotopic (exact) mass is 482 g/mol. The molecule has 1 unspecified atom stereocenters. The summed E-state index contributed by atoms with van der Waals surface area (Å²) in [5.74, 6) is 0.655. The number of ether oxygens (including phenoxy) is 1. The molecular formula is C24H26N4O5S. The van der Waals surface area contributed by atoms with Crippen molar-refractivity contribution in [2.45, 2.75) is 31.8 Å². The summed E-state index contributed by atoms with van der Waals surface area (Å²) in [4.78, 5) is 18.7. The highest BCUT2D eigenvalue weighted by Gasteiger charge is 2.39.